The lowest BCUT2D eigenvalue weighted by atomic mass is 9.94. The second-order valence-corrected chi connectivity index (χ2v) is 7.65. The standard InChI is InChI=1S/C25H24N2O6/c1-5-32-18-9-6-16(7-10-18)22-21(23(28)17-8-11-19(31-4)14(2)12-17)24(29)25(30)27(22)20-13-15(3)33-26-20/h6-13,22,28H,5H2,1-4H3/t22-/m0/s1. The number of rotatable bonds is 6. The first kappa shape index (κ1) is 22.1. The zero-order chi connectivity index (χ0) is 23.7. The fourth-order valence-electron chi connectivity index (χ4n) is 3.95. The van der Waals surface area contributed by atoms with E-state index in [9.17, 15) is 14.7 Å². The summed E-state index contributed by atoms with van der Waals surface area (Å²) < 4.78 is 15.9. The van der Waals surface area contributed by atoms with Crippen molar-refractivity contribution in [1.82, 2.24) is 5.16 Å². The normalized spacial score (nSPS) is 17.5. The minimum absolute atomic E-state index is 0.0330. The van der Waals surface area contributed by atoms with E-state index in [0.29, 0.717) is 35.0 Å². The van der Waals surface area contributed by atoms with Crippen LogP contribution in [0.25, 0.3) is 5.76 Å². The van der Waals surface area contributed by atoms with Gasteiger partial charge < -0.3 is 19.1 Å². The lowest BCUT2D eigenvalue weighted by molar-refractivity contribution is -0.132. The molecule has 8 heteroatoms. The molecule has 1 fully saturated rings. The van der Waals surface area contributed by atoms with Crippen molar-refractivity contribution >= 4 is 23.3 Å². The van der Waals surface area contributed by atoms with E-state index in [2.05, 4.69) is 5.16 Å². The van der Waals surface area contributed by atoms with Gasteiger partial charge in [0.25, 0.3) is 5.78 Å². The van der Waals surface area contributed by atoms with Gasteiger partial charge >= 0.3 is 5.91 Å². The molecule has 0 bridgehead atoms. The van der Waals surface area contributed by atoms with Gasteiger partial charge in [-0.3, -0.25) is 14.5 Å². The summed E-state index contributed by atoms with van der Waals surface area (Å²) in [6.07, 6.45) is 0. The number of carbonyl (C=O) groups is 2. The highest BCUT2D eigenvalue weighted by Gasteiger charge is 2.48. The van der Waals surface area contributed by atoms with E-state index in [1.807, 2.05) is 13.8 Å². The summed E-state index contributed by atoms with van der Waals surface area (Å²) in [5.41, 5.74) is 1.76. The summed E-state index contributed by atoms with van der Waals surface area (Å²) in [5, 5.41) is 15.1. The summed E-state index contributed by atoms with van der Waals surface area (Å²) in [6, 6.07) is 12.8. The molecule has 1 N–H and O–H groups in total. The molecule has 0 radical (unpaired) electrons. The van der Waals surface area contributed by atoms with E-state index in [1.165, 1.54) is 4.90 Å². The Balaban J connectivity index is 1.89. The van der Waals surface area contributed by atoms with Gasteiger partial charge in [-0.2, -0.15) is 0 Å². The highest BCUT2D eigenvalue weighted by atomic mass is 16.5. The van der Waals surface area contributed by atoms with E-state index < -0.39 is 17.7 Å². The van der Waals surface area contributed by atoms with E-state index in [1.54, 1.807) is 62.6 Å². The molecule has 4 rings (SSSR count). The Morgan fingerprint density at radius 2 is 1.85 bits per heavy atom. The van der Waals surface area contributed by atoms with Crippen LogP contribution in [-0.2, 0) is 9.59 Å². The Morgan fingerprint density at radius 3 is 2.42 bits per heavy atom. The number of nitrogens with zero attached hydrogens (tertiary/aromatic N) is 2. The zero-order valence-electron chi connectivity index (χ0n) is 18.8. The van der Waals surface area contributed by atoms with E-state index in [-0.39, 0.29) is 17.2 Å². The average molecular weight is 448 g/mol. The predicted molar refractivity (Wildman–Crippen MR) is 121 cm³/mol. The SMILES string of the molecule is CCOc1ccc([C@H]2C(=C(O)c3ccc(OC)c(C)c3)C(=O)C(=O)N2c2cc(C)on2)cc1. The van der Waals surface area contributed by atoms with Gasteiger partial charge in [0.15, 0.2) is 5.82 Å². The van der Waals surface area contributed by atoms with Gasteiger partial charge in [-0.15, -0.1) is 0 Å². The highest BCUT2D eigenvalue weighted by molar-refractivity contribution is 6.51. The number of carbonyl (C=O) groups excluding carboxylic acids is 2. The predicted octanol–water partition coefficient (Wildman–Crippen LogP) is 4.33. The molecule has 2 heterocycles. The van der Waals surface area contributed by atoms with Crippen LogP contribution in [0.5, 0.6) is 11.5 Å². The number of ketones is 1. The number of aromatic nitrogens is 1. The summed E-state index contributed by atoms with van der Waals surface area (Å²) in [4.78, 5) is 27.5. The fraction of sp³-hybridized carbons (Fsp3) is 0.240. The van der Waals surface area contributed by atoms with Crippen molar-refractivity contribution in [2.24, 2.45) is 0 Å². The Bertz CT molecular complexity index is 1240. The third-order valence-corrected chi connectivity index (χ3v) is 5.48. The van der Waals surface area contributed by atoms with Crippen LogP contribution in [-0.4, -0.2) is 35.7 Å². The van der Waals surface area contributed by atoms with E-state index in [4.69, 9.17) is 14.0 Å². The van der Waals surface area contributed by atoms with Crippen LogP contribution in [0, 0.1) is 13.8 Å². The van der Waals surface area contributed by atoms with Crippen LogP contribution in [0.15, 0.2) is 58.6 Å². The third kappa shape index (κ3) is 3.95. The number of anilines is 1. The molecule has 1 aliphatic heterocycles. The van der Waals surface area contributed by atoms with Gasteiger partial charge in [-0.05, 0) is 62.2 Å². The number of methoxy groups -OCH3 is 1. The van der Waals surface area contributed by atoms with Crippen molar-refractivity contribution in [2.45, 2.75) is 26.8 Å². The van der Waals surface area contributed by atoms with Gasteiger partial charge in [0, 0.05) is 11.6 Å². The molecule has 1 saturated heterocycles. The van der Waals surface area contributed by atoms with Crippen LogP contribution in [0.1, 0.15) is 35.4 Å². The number of ether oxygens (including phenoxy) is 2. The zero-order valence-corrected chi connectivity index (χ0v) is 18.8. The summed E-state index contributed by atoms with van der Waals surface area (Å²) in [7, 11) is 1.55. The molecule has 1 aliphatic rings. The summed E-state index contributed by atoms with van der Waals surface area (Å²) >= 11 is 0. The molecular weight excluding hydrogens is 424 g/mol. The van der Waals surface area contributed by atoms with Crippen molar-refractivity contribution < 1.29 is 28.7 Å². The first-order valence-corrected chi connectivity index (χ1v) is 10.5. The van der Waals surface area contributed by atoms with Crippen LogP contribution in [0.3, 0.4) is 0 Å². The van der Waals surface area contributed by atoms with E-state index in [0.717, 1.165) is 5.56 Å². The molecule has 33 heavy (non-hydrogen) atoms. The molecule has 0 aliphatic carbocycles. The number of aliphatic hydroxyl groups is 1. The molecule has 170 valence electrons. The summed E-state index contributed by atoms with van der Waals surface area (Å²) in [6.45, 7) is 5.91. The number of Topliss-reactive ketones (excluding diaryl/α,β-unsaturated/α-hetero) is 1. The van der Waals surface area contributed by atoms with Gasteiger partial charge in [0.1, 0.15) is 23.0 Å². The largest absolute Gasteiger partial charge is 0.507 e. The number of aryl methyl sites for hydroxylation is 2. The van der Waals surface area contributed by atoms with Crippen molar-refractivity contribution in [2.75, 3.05) is 18.6 Å². The fourth-order valence-corrected chi connectivity index (χ4v) is 3.95. The van der Waals surface area contributed by atoms with Crippen molar-refractivity contribution in [3.05, 3.63) is 76.6 Å². The molecular formula is C25H24N2O6. The first-order valence-electron chi connectivity index (χ1n) is 10.5. The topological polar surface area (TPSA) is 102 Å². The molecule has 8 nitrogen and oxygen atoms in total. The molecule has 1 aromatic heterocycles. The lowest BCUT2D eigenvalue weighted by Crippen LogP contribution is -2.29. The van der Waals surface area contributed by atoms with E-state index >= 15 is 0 Å². The third-order valence-electron chi connectivity index (χ3n) is 5.48. The molecule has 2 aromatic carbocycles. The Hall–Kier alpha value is -4.07. The quantitative estimate of drug-likeness (QED) is 0.340. The summed E-state index contributed by atoms with van der Waals surface area (Å²) in [5.74, 6) is 0.103. The second-order valence-electron chi connectivity index (χ2n) is 7.65. The van der Waals surface area contributed by atoms with Crippen molar-refractivity contribution in [1.29, 1.82) is 0 Å². The molecule has 0 spiro atoms. The van der Waals surface area contributed by atoms with Gasteiger partial charge in [-0.1, -0.05) is 17.3 Å². The van der Waals surface area contributed by atoms with Gasteiger partial charge in [0.2, 0.25) is 0 Å². The number of hydrogen-bond acceptors (Lipinski definition) is 7. The molecule has 1 amide bonds. The minimum Gasteiger partial charge on any atom is -0.507 e. The molecule has 0 saturated carbocycles. The molecule has 3 aromatic rings. The smallest absolute Gasteiger partial charge is 0.301 e. The number of amides is 1. The minimum atomic E-state index is -0.896. The lowest BCUT2D eigenvalue weighted by Gasteiger charge is -2.23. The van der Waals surface area contributed by atoms with Crippen molar-refractivity contribution in [3.8, 4) is 11.5 Å². The average Bonchev–Trinajstić information content (AvgIpc) is 3.34. The number of hydrogen-bond donors (Lipinski definition) is 1. The number of aliphatic hydroxyl groups excluding tert-OH is 1. The molecule has 0 unspecified atom stereocenters. The maximum absolute atomic E-state index is 13.2. The Labute approximate surface area is 191 Å². The maximum atomic E-state index is 13.2. The first-order chi connectivity index (χ1) is 15.8. The van der Waals surface area contributed by atoms with Crippen LogP contribution in [0.4, 0.5) is 5.82 Å². The maximum Gasteiger partial charge on any atom is 0.301 e. The van der Waals surface area contributed by atoms with Gasteiger partial charge in [-0.25, -0.2) is 0 Å². The second kappa shape index (κ2) is 8.82. The van der Waals surface area contributed by atoms with Gasteiger partial charge in [0.05, 0.1) is 25.3 Å². The Morgan fingerprint density at radius 1 is 1.12 bits per heavy atom. The number of benzene rings is 2. The van der Waals surface area contributed by atoms with Crippen LogP contribution in [0.2, 0.25) is 0 Å². The van der Waals surface area contributed by atoms with Crippen molar-refractivity contribution in [3.63, 3.8) is 0 Å². The monoisotopic (exact) mass is 448 g/mol. The Kier molecular flexibility index (Phi) is 5.91. The highest BCUT2D eigenvalue weighted by Crippen LogP contribution is 2.42. The van der Waals surface area contributed by atoms with Crippen LogP contribution >= 0.6 is 0 Å². The van der Waals surface area contributed by atoms with Crippen LogP contribution < -0.4 is 14.4 Å². The molecule has 1 atom stereocenters.